The van der Waals surface area contributed by atoms with Crippen LogP contribution in [0.15, 0.2) is 102 Å². The number of allylic oxidation sites excluding steroid dienone is 4. The van der Waals surface area contributed by atoms with Crippen LogP contribution in [0.2, 0.25) is 0 Å². The van der Waals surface area contributed by atoms with E-state index in [2.05, 4.69) is 69.9 Å². The maximum Gasteiger partial charge on any atom is 0.254 e. The van der Waals surface area contributed by atoms with Crippen molar-refractivity contribution in [3.63, 3.8) is 0 Å². The van der Waals surface area contributed by atoms with Crippen LogP contribution in [0.4, 0.5) is 0 Å². The second-order valence-corrected chi connectivity index (χ2v) is 14.9. The zero-order valence-corrected chi connectivity index (χ0v) is 30.0. The highest BCUT2D eigenvalue weighted by atomic mass is 16.3. The molecule has 3 heterocycles. The van der Waals surface area contributed by atoms with Crippen molar-refractivity contribution >= 4 is 5.78 Å². The van der Waals surface area contributed by atoms with Gasteiger partial charge in [-0.2, -0.15) is 0 Å². The van der Waals surface area contributed by atoms with Crippen LogP contribution >= 0.6 is 0 Å². The van der Waals surface area contributed by atoms with Gasteiger partial charge in [-0.3, -0.25) is 24.0 Å². The second kappa shape index (κ2) is 18.0. The molecule has 0 saturated heterocycles. The zero-order valence-electron chi connectivity index (χ0n) is 30.0. The highest BCUT2D eigenvalue weighted by Crippen LogP contribution is 2.27. The third-order valence-electron chi connectivity index (χ3n) is 10.7. The first kappa shape index (κ1) is 36.8. The molecule has 3 aromatic rings. The summed E-state index contributed by atoms with van der Waals surface area (Å²) in [5.74, 6) is 0.380. The minimum atomic E-state index is -0.668. The van der Waals surface area contributed by atoms with E-state index in [-0.39, 0.29) is 29.7 Å². The first-order valence-corrected chi connectivity index (χ1v) is 18.9. The molecule has 2 aliphatic carbocycles. The Labute approximate surface area is 302 Å². The normalized spacial score (nSPS) is 19.3. The average Bonchev–Trinajstić information content (AvgIpc) is 3.13. The van der Waals surface area contributed by atoms with Crippen molar-refractivity contribution in [3.05, 3.63) is 135 Å². The molecular weight excluding hydrogens is 636 g/mol. The molecule has 2 atom stereocenters. The lowest BCUT2D eigenvalue weighted by Crippen LogP contribution is -2.39. The number of carbonyl (C=O) groups excluding carboxylic acids is 1. The third-order valence-corrected chi connectivity index (χ3v) is 10.7. The van der Waals surface area contributed by atoms with Crippen LogP contribution in [0.1, 0.15) is 84.1 Å². The van der Waals surface area contributed by atoms with Gasteiger partial charge in [0.25, 0.3) is 5.56 Å². The number of hydrogen-bond acceptors (Lipinski definition) is 7. The predicted molar refractivity (Wildman–Crippen MR) is 202 cm³/mol. The van der Waals surface area contributed by atoms with Crippen LogP contribution in [0.25, 0.3) is 0 Å². The first-order chi connectivity index (χ1) is 24.8. The van der Waals surface area contributed by atoms with E-state index in [9.17, 15) is 19.8 Å². The number of benzene rings is 2. The van der Waals surface area contributed by atoms with Crippen molar-refractivity contribution in [2.24, 2.45) is 5.92 Å². The molecule has 0 bridgehead atoms. The molecular formula is C43H54N4O4. The van der Waals surface area contributed by atoms with Crippen LogP contribution in [-0.4, -0.2) is 73.7 Å². The highest BCUT2D eigenvalue weighted by Gasteiger charge is 2.22. The van der Waals surface area contributed by atoms with Crippen LogP contribution in [0.5, 0.6) is 0 Å². The van der Waals surface area contributed by atoms with E-state index in [1.807, 2.05) is 18.2 Å². The number of Topliss-reactive ketones (excluding diaryl/α,β-unsaturated/α-hetero) is 1. The molecule has 7 rings (SSSR count). The number of carbonyl (C=O) groups is 1. The summed E-state index contributed by atoms with van der Waals surface area (Å²) >= 11 is 0. The van der Waals surface area contributed by atoms with Crippen LogP contribution in [-0.2, 0) is 32.5 Å². The number of fused-ring (bicyclic) bond motifs is 2. The molecule has 4 aliphatic rings. The van der Waals surface area contributed by atoms with Gasteiger partial charge in [0.15, 0.2) is 5.78 Å². The van der Waals surface area contributed by atoms with Crippen molar-refractivity contribution in [1.29, 1.82) is 0 Å². The Kier molecular flexibility index (Phi) is 13.0. The molecule has 2 N–H and O–H groups in total. The molecule has 270 valence electrons. The Balaban J connectivity index is 0.000000187. The molecule has 0 radical (unpaired) electrons. The molecule has 2 aliphatic heterocycles. The van der Waals surface area contributed by atoms with Gasteiger partial charge in [-0.1, -0.05) is 117 Å². The Morgan fingerprint density at radius 2 is 1.45 bits per heavy atom. The maximum atomic E-state index is 12.5. The summed E-state index contributed by atoms with van der Waals surface area (Å²) in [6.07, 6.45) is 16.6. The van der Waals surface area contributed by atoms with E-state index < -0.39 is 6.10 Å². The smallest absolute Gasteiger partial charge is 0.254 e. The molecule has 0 amide bonds. The van der Waals surface area contributed by atoms with E-state index in [1.165, 1.54) is 64.1 Å². The van der Waals surface area contributed by atoms with Gasteiger partial charge in [-0.05, 0) is 53.9 Å². The monoisotopic (exact) mass is 690 g/mol. The van der Waals surface area contributed by atoms with Gasteiger partial charge in [-0.15, -0.1) is 0 Å². The van der Waals surface area contributed by atoms with Gasteiger partial charge in [0, 0.05) is 51.8 Å². The quantitative estimate of drug-likeness (QED) is 0.236. The van der Waals surface area contributed by atoms with E-state index in [4.69, 9.17) is 0 Å². The van der Waals surface area contributed by atoms with E-state index in [1.54, 1.807) is 0 Å². The minimum absolute atomic E-state index is 0.0429. The molecule has 2 unspecified atom stereocenters. The highest BCUT2D eigenvalue weighted by molar-refractivity contribution is 5.94. The van der Waals surface area contributed by atoms with Crippen molar-refractivity contribution in [3.8, 4) is 0 Å². The molecule has 1 aromatic heterocycles. The topological polar surface area (TPSA) is 98.9 Å². The molecule has 8 nitrogen and oxygen atoms in total. The molecule has 2 aromatic carbocycles. The molecule has 0 spiro atoms. The van der Waals surface area contributed by atoms with Crippen LogP contribution in [0, 0.1) is 5.92 Å². The lowest BCUT2D eigenvalue weighted by atomic mass is 9.85. The summed E-state index contributed by atoms with van der Waals surface area (Å²) in [4.78, 5) is 33.8. The van der Waals surface area contributed by atoms with Crippen molar-refractivity contribution in [1.82, 2.24) is 19.4 Å². The number of aliphatic hydroxyl groups excluding tert-OH is 2. The van der Waals surface area contributed by atoms with E-state index in [0.29, 0.717) is 18.9 Å². The first-order valence-electron chi connectivity index (χ1n) is 18.9. The van der Waals surface area contributed by atoms with Gasteiger partial charge in [-0.25, -0.2) is 4.98 Å². The van der Waals surface area contributed by atoms with Gasteiger partial charge < -0.3 is 10.2 Å². The summed E-state index contributed by atoms with van der Waals surface area (Å²) in [7, 11) is 0. The lowest BCUT2D eigenvalue weighted by molar-refractivity contribution is 0.0905. The minimum Gasteiger partial charge on any atom is -0.391 e. The number of β-amino-alcohol motifs (C(OH)–C–C–N with tert-alkyl or cyclic N) is 2. The Hall–Kier alpha value is -3.95. The Morgan fingerprint density at radius 1 is 0.843 bits per heavy atom. The van der Waals surface area contributed by atoms with Crippen molar-refractivity contribution in [2.75, 3.05) is 26.2 Å². The summed E-state index contributed by atoms with van der Waals surface area (Å²) in [6, 6.07) is 18.3. The Bertz CT molecular complexity index is 1770. The van der Waals surface area contributed by atoms with Crippen LogP contribution in [0.3, 0.4) is 0 Å². The molecule has 1 saturated carbocycles. The van der Waals surface area contributed by atoms with Gasteiger partial charge in [0.1, 0.15) is 5.69 Å². The summed E-state index contributed by atoms with van der Waals surface area (Å²) in [6.45, 7) is 9.14. The predicted octanol–water partition coefficient (Wildman–Crippen LogP) is 6.05. The fraction of sp³-hybridized carbons (Fsp3) is 0.465. The summed E-state index contributed by atoms with van der Waals surface area (Å²) in [5.41, 5.74) is 7.93. The standard InChI is InChI=1S/C24H31N3O3.C19H23NO/c28-21(15-26-11-10-19-8-4-5-9-20(19)14-26)16-27-17-25-22(13-24(27)30)23(29)12-18-6-2-1-3-7-18;1-15-5-4-6-16(11-15)12-19(21)14-20-10-9-17-7-2-3-8-18(17)13-20/h4-5,8-9,13,17-18,21,28H,1-3,6-7,10-12,14-16H2;2-8,19,21H,1,9-14H2. The fourth-order valence-corrected chi connectivity index (χ4v) is 8.01. The molecule has 51 heavy (non-hydrogen) atoms. The van der Waals surface area contributed by atoms with Crippen molar-refractivity contribution < 1.29 is 15.0 Å². The number of ketones is 1. The van der Waals surface area contributed by atoms with Crippen molar-refractivity contribution in [2.45, 2.75) is 96.1 Å². The van der Waals surface area contributed by atoms with E-state index >= 15 is 0 Å². The maximum absolute atomic E-state index is 12.5. The lowest BCUT2D eigenvalue weighted by Gasteiger charge is -2.30. The number of aliphatic hydroxyl groups is 2. The number of hydrogen-bond donors (Lipinski definition) is 2. The van der Waals surface area contributed by atoms with Gasteiger partial charge >= 0.3 is 0 Å². The van der Waals surface area contributed by atoms with Crippen LogP contribution < -0.4 is 5.56 Å². The van der Waals surface area contributed by atoms with Gasteiger partial charge in [0.05, 0.1) is 25.1 Å². The van der Waals surface area contributed by atoms with E-state index in [0.717, 1.165) is 76.8 Å². The molecule has 8 heteroatoms. The molecule has 1 fully saturated rings. The number of nitrogens with zero attached hydrogens (tertiary/aromatic N) is 4. The SMILES string of the molecule is C=C1C=CC=C(CC(O)CN2CCc3ccccc3C2)C1.O=C(CC1CCCCC1)c1cc(=O)n(CC(O)CN2CCc3ccccc3C2)cn1. The number of aromatic nitrogens is 2. The summed E-state index contributed by atoms with van der Waals surface area (Å²) < 4.78 is 1.40. The van der Waals surface area contributed by atoms with Gasteiger partial charge in [0.2, 0.25) is 0 Å². The summed E-state index contributed by atoms with van der Waals surface area (Å²) in [5, 5.41) is 20.9. The third kappa shape index (κ3) is 10.8. The number of rotatable bonds is 11. The largest absolute Gasteiger partial charge is 0.391 e. The second-order valence-electron chi connectivity index (χ2n) is 14.9. The zero-order chi connectivity index (χ0) is 35.6. The fourth-order valence-electron chi connectivity index (χ4n) is 8.01. The average molecular weight is 691 g/mol. The Morgan fingerprint density at radius 3 is 2.06 bits per heavy atom.